The molecule has 1 aliphatic heterocycles. The van der Waals surface area contributed by atoms with Crippen molar-refractivity contribution < 1.29 is 14.3 Å². The molecule has 1 heterocycles. The largest absolute Gasteiger partial charge is 0.353 e. The zero-order valence-corrected chi connectivity index (χ0v) is 15.7. The van der Waals surface area contributed by atoms with E-state index in [0.29, 0.717) is 12.1 Å². The molecule has 26 heavy (non-hydrogen) atoms. The molecule has 6 nitrogen and oxygen atoms in total. The molecular weight excluding hydrogens is 330 g/mol. The van der Waals surface area contributed by atoms with Crippen LogP contribution in [-0.4, -0.2) is 67.2 Å². The summed E-state index contributed by atoms with van der Waals surface area (Å²) in [6.07, 6.45) is 4.79. The molecule has 2 fully saturated rings. The van der Waals surface area contributed by atoms with Crippen LogP contribution in [0, 0.1) is 0 Å². The first-order valence-corrected chi connectivity index (χ1v) is 9.49. The molecule has 3 rings (SSSR count). The number of likely N-dealkylation sites (N-methyl/N-ethyl adjacent to an activating group) is 1. The number of nitrogens with zero attached hydrogens (tertiary/aromatic N) is 2. The molecule has 2 amide bonds. The maximum Gasteiger partial charge on any atom is 0.256 e. The van der Waals surface area contributed by atoms with Gasteiger partial charge < -0.3 is 15.0 Å². The Bertz CT molecular complexity index is 626. The predicted octanol–water partition coefficient (Wildman–Crippen LogP) is 1.87. The van der Waals surface area contributed by atoms with E-state index < -0.39 is 11.8 Å². The third kappa shape index (κ3) is 3.91. The number of rotatable bonds is 5. The van der Waals surface area contributed by atoms with E-state index in [9.17, 15) is 9.59 Å². The minimum atomic E-state index is -0.630. The summed E-state index contributed by atoms with van der Waals surface area (Å²) in [6, 6.07) is 8.63. The number of carbonyl (C=O) groups is 2. The number of amides is 2. The Labute approximate surface area is 155 Å². The van der Waals surface area contributed by atoms with Gasteiger partial charge in [-0.05, 0) is 51.9 Å². The van der Waals surface area contributed by atoms with Gasteiger partial charge in [-0.1, -0.05) is 24.6 Å². The fourth-order valence-electron chi connectivity index (χ4n) is 3.91. The lowest BCUT2D eigenvalue weighted by atomic mass is 9.89. The number of nitrogens with one attached hydrogen (secondary N) is 1. The van der Waals surface area contributed by atoms with E-state index >= 15 is 0 Å². The van der Waals surface area contributed by atoms with Gasteiger partial charge in [0.15, 0.2) is 0 Å². The summed E-state index contributed by atoms with van der Waals surface area (Å²) >= 11 is 0. The molecule has 142 valence electrons. The Balaban J connectivity index is 1.81. The number of carbonyl (C=O) groups excluding carboxylic acids is 2. The standard InChI is InChI=1S/C20H29N3O3/c1-22(2)14-13-21-18(24)17-15-26-20(11-7-4-8-12-20)23(17)19(25)16-9-5-3-6-10-16/h3,5-6,9-10,17H,4,7-8,11-15H2,1-2H3,(H,21,24)/t17-/m0/s1. The van der Waals surface area contributed by atoms with E-state index in [-0.39, 0.29) is 18.4 Å². The van der Waals surface area contributed by atoms with Crippen LogP contribution in [-0.2, 0) is 9.53 Å². The smallest absolute Gasteiger partial charge is 0.256 e. The summed E-state index contributed by atoms with van der Waals surface area (Å²) in [5, 5.41) is 2.96. The van der Waals surface area contributed by atoms with Crippen molar-refractivity contribution in [2.45, 2.75) is 43.9 Å². The highest BCUT2D eigenvalue weighted by atomic mass is 16.5. The lowest BCUT2D eigenvalue weighted by molar-refractivity contribution is -0.127. The zero-order valence-electron chi connectivity index (χ0n) is 15.7. The maximum absolute atomic E-state index is 13.3. The second-order valence-electron chi connectivity index (χ2n) is 7.47. The van der Waals surface area contributed by atoms with Crippen LogP contribution in [0.4, 0.5) is 0 Å². The molecule has 0 aromatic heterocycles. The van der Waals surface area contributed by atoms with Crippen molar-refractivity contribution in [3.8, 4) is 0 Å². The second-order valence-corrected chi connectivity index (χ2v) is 7.47. The average Bonchev–Trinajstić information content (AvgIpc) is 3.00. The molecule has 1 aromatic rings. The summed E-state index contributed by atoms with van der Waals surface area (Å²) in [4.78, 5) is 29.8. The van der Waals surface area contributed by atoms with E-state index in [1.54, 1.807) is 17.0 Å². The van der Waals surface area contributed by atoms with Gasteiger partial charge >= 0.3 is 0 Å². The molecule has 6 heteroatoms. The minimum absolute atomic E-state index is 0.113. The van der Waals surface area contributed by atoms with Gasteiger partial charge in [-0.25, -0.2) is 0 Å². The van der Waals surface area contributed by atoms with E-state index in [4.69, 9.17) is 4.74 Å². The van der Waals surface area contributed by atoms with Crippen LogP contribution in [0.1, 0.15) is 42.5 Å². The van der Waals surface area contributed by atoms with Crippen molar-refractivity contribution in [2.75, 3.05) is 33.8 Å². The summed E-state index contributed by atoms with van der Waals surface area (Å²) in [6.45, 7) is 1.59. The average molecular weight is 359 g/mol. The Morgan fingerprint density at radius 1 is 1.19 bits per heavy atom. The van der Waals surface area contributed by atoms with Crippen LogP contribution < -0.4 is 5.32 Å². The Hall–Kier alpha value is -1.92. The number of benzene rings is 1. The first-order chi connectivity index (χ1) is 12.5. The molecule has 1 spiro atoms. The van der Waals surface area contributed by atoms with Crippen molar-refractivity contribution in [3.05, 3.63) is 35.9 Å². The molecule has 1 aromatic carbocycles. The van der Waals surface area contributed by atoms with Gasteiger partial charge in [0, 0.05) is 18.7 Å². The molecule has 0 unspecified atom stereocenters. The molecule has 1 saturated carbocycles. The lowest BCUT2D eigenvalue weighted by Gasteiger charge is -2.41. The van der Waals surface area contributed by atoms with Gasteiger partial charge in [-0.2, -0.15) is 0 Å². The van der Waals surface area contributed by atoms with Crippen molar-refractivity contribution >= 4 is 11.8 Å². The van der Waals surface area contributed by atoms with E-state index in [2.05, 4.69) is 5.32 Å². The van der Waals surface area contributed by atoms with Crippen LogP contribution >= 0.6 is 0 Å². The molecule has 0 bridgehead atoms. The molecular formula is C20H29N3O3. The zero-order chi connectivity index (χ0) is 18.6. The Kier molecular flexibility index (Phi) is 5.94. The highest BCUT2D eigenvalue weighted by Crippen LogP contribution is 2.41. The van der Waals surface area contributed by atoms with Crippen molar-refractivity contribution in [2.24, 2.45) is 0 Å². The van der Waals surface area contributed by atoms with Crippen molar-refractivity contribution in [3.63, 3.8) is 0 Å². The van der Waals surface area contributed by atoms with Gasteiger partial charge in [0.1, 0.15) is 11.8 Å². The highest BCUT2D eigenvalue weighted by Gasteiger charge is 2.52. The van der Waals surface area contributed by atoms with Crippen molar-refractivity contribution in [1.29, 1.82) is 0 Å². The molecule has 1 aliphatic carbocycles. The number of ether oxygens (including phenoxy) is 1. The van der Waals surface area contributed by atoms with Crippen LogP contribution in [0.2, 0.25) is 0 Å². The van der Waals surface area contributed by atoms with Gasteiger partial charge in [-0.3, -0.25) is 14.5 Å². The summed E-state index contributed by atoms with van der Waals surface area (Å²) in [5.74, 6) is -0.240. The van der Waals surface area contributed by atoms with E-state index in [1.807, 2.05) is 37.2 Å². The molecule has 1 atom stereocenters. The van der Waals surface area contributed by atoms with Crippen LogP contribution in [0.3, 0.4) is 0 Å². The fraction of sp³-hybridized carbons (Fsp3) is 0.600. The van der Waals surface area contributed by atoms with Gasteiger partial charge in [-0.15, -0.1) is 0 Å². The third-order valence-corrected chi connectivity index (χ3v) is 5.30. The van der Waals surface area contributed by atoms with Crippen LogP contribution in [0.5, 0.6) is 0 Å². The Morgan fingerprint density at radius 2 is 1.88 bits per heavy atom. The molecule has 2 aliphatic rings. The third-order valence-electron chi connectivity index (χ3n) is 5.30. The molecule has 1 N–H and O–H groups in total. The summed E-state index contributed by atoms with van der Waals surface area (Å²) in [7, 11) is 3.93. The minimum Gasteiger partial charge on any atom is -0.353 e. The monoisotopic (exact) mass is 359 g/mol. The second kappa shape index (κ2) is 8.18. The molecule has 1 saturated heterocycles. The van der Waals surface area contributed by atoms with Crippen molar-refractivity contribution in [1.82, 2.24) is 15.1 Å². The maximum atomic E-state index is 13.3. The first-order valence-electron chi connectivity index (χ1n) is 9.49. The van der Waals surface area contributed by atoms with Crippen LogP contribution in [0.15, 0.2) is 30.3 Å². The summed E-state index contributed by atoms with van der Waals surface area (Å²) < 4.78 is 6.13. The number of hydrogen-bond acceptors (Lipinski definition) is 4. The molecule has 0 radical (unpaired) electrons. The fourth-order valence-corrected chi connectivity index (χ4v) is 3.91. The quantitative estimate of drug-likeness (QED) is 0.872. The van der Waals surface area contributed by atoms with E-state index in [1.165, 1.54) is 0 Å². The van der Waals surface area contributed by atoms with Gasteiger partial charge in [0.05, 0.1) is 6.61 Å². The first kappa shape index (κ1) is 18.9. The number of hydrogen-bond donors (Lipinski definition) is 1. The predicted molar refractivity (Wildman–Crippen MR) is 99.7 cm³/mol. The normalized spacial score (nSPS) is 22.0. The topological polar surface area (TPSA) is 61.9 Å². The van der Waals surface area contributed by atoms with Gasteiger partial charge in [0.2, 0.25) is 5.91 Å². The highest BCUT2D eigenvalue weighted by molar-refractivity contribution is 5.98. The van der Waals surface area contributed by atoms with E-state index in [0.717, 1.165) is 38.6 Å². The van der Waals surface area contributed by atoms with Crippen LogP contribution in [0.25, 0.3) is 0 Å². The lowest BCUT2D eigenvalue weighted by Crippen LogP contribution is -2.56. The Morgan fingerprint density at radius 3 is 2.54 bits per heavy atom. The van der Waals surface area contributed by atoms with Gasteiger partial charge in [0.25, 0.3) is 5.91 Å². The SMILES string of the molecule is CN(C)CCNC(=O)[C@@H]1COC2(CCCCC2)N1C(=O)c1ccccc1. The summed E-state index contributed by atoms with van der Waals surface area (Å²) in [5.41, 5.74) is -0.0246.